The van der Waals surface area contributed by atoms with Crippen LogP contribution in [0.3, 0.4) is 0 Å². The summed E-state index contributed by atoms with van der Waals surface area (Å²) in [5, 5.41) is 0. The number of nitrogens with zero attached hydrogens (tertiary/aromatic N) is 2. The molecule has 0 atom stereocenters. The number of carbonyl (C=O) groups is 1. The molecule has 3 N–H and O–H groups in total. The first-order valence-corrected chi connectivity index (χ1v) is 6.22. The van der Waals surface area contributed by atoms with Gasteiger partial charge in [0.05, 0.1) is 0 Å². The number of hydrogen-bond acceptors (Lipinski definition) is 4. The number of anilines is 1. The number of nitrogens with two attached hydrogens (primary N) is 1. The van der Waals surface area contributed by atoms with Crippen molar-refractivity contribution in [2.75, 3.05) is 39.7 Å². The molecule has 0 aliphatic rings. The fraction of sp³-hybridized carbons (Fsp3) is 0.462. The summed E-state index contributed by atoms with van der Waals surface area (Å²) in [6.07, 6.45) is 0.780. The van der Waals surface area contributed by atoms with Gasteiger partial charge in [0.1, 0.15) is 5.69 Å². The summed E-state index contributed by atoms with van der Waals surface area (Å²) in [6.45, 7) is 1.34. The van der Waals surface area contributed by atoms with Gasteiger partial charge in [0.25, 0.3) is 5.91 Å². The standard InChI is InChI=1S/C13H20F2N4O/c1-18(2)5-4-6-19(3)13(20)9-7-10(14)12(17-16)11(15)8-9/h7-8,17H,4-6,16H2,1-3H3. The first-order valence-electron chi connectivity index (χ1n) is 6.22. The van der Waals surface area contributed by atoms with Gasteiger partial charge >= 0.3 is 0 Å². The van der Waals surface area contributed by atoms with E-state index in [1.807, 2.05) is 24.4 Å². The van der Waals surface area contributed by atoms with Crippen molar-refractivity contribution in [3.8, 4) is 0 Å². The summed E-state index contributed by atoms with van der Waals surface area (Å²) in [7, 11) is 5.47. The summed E-state index contributed by atoms with van der Waals surface area (Å²) >= 11 is 0. The molecule has 112 valence electrons. The molecule has 1 aromatic rings. The van der Waals surface area contributed by atoms with Gasteiger partial charge in [-0.25, -0.2) is 8.78 Å². The lowest BCUT2D eigenvalue weighted by molar-refractivity contribution is 0.0789. The second-order valence-electron chi connectivity index (χ2n) is 4.84. The quantitative estimate of drug-likeness (QED) is 0.611. The Morgan fingerprint density at radius 1 is 1.20 bits per heavy atom. The molecule has 5 nitrogen and oxygen atoms in total. The molecule has 1 amide bonds. The van der Waals surface area contributed by atoms with Crippen molar-refractivity contribution in [1.29, 1.82) is 0 Å². The van der Waals surface area contributed by atoms with Gasteiger partial charge in [0.15, 0.2) is 11.6 Å². The number of nitrogen functional groups attached to an aromatic ring is 1. The third-order valence-electron chi connectivity index (χ3n) is 2.88. The van der Waals surface area contributed by atoms with Crippen LogP contribution in [0, 0.1) is 11.6 Å². The van der Waals surface area contributed by atoms with Crippen molar-refractivity contribution in [1.82, 2.24) is 9.80 Å². The minimum atomic E-state index is -0.891. The highest BCUT2D eigenvalue weighted by molar-refractivity contribution is 5.94. The van der Waals surface area contributed by atoms with Gasteiger partial charge in [0, 0.05) is 19.2 Å². The summed E-state index contributed by atoms with van der Waals surface area (Å²) in [6, 6.07) is 1.95. The Morgan fingerprint density at radius 3 is 2.20 bits per heavy atom. The monoisotopic (exact) mass is 286 g/mol. The largest absolute Gasteiger partial charge is 0.342 e. The minimum Gasteiger partial charge on any atom is -0.342 e. The zero-order valence-electron chi connectivity index (χ0n) is 11.9. The molecule has 1 rings (SSSR count). The van der Waals surface area contributed by atoms with E-state index in [0.717, 1.165) is 25.1 Å². The predicted molar refractivity (Wildman–Crippen MR) is 74.3 cm³/mol. The van der Waals surface area contributed by atoms with Crippen LogP contribution >= 0.6 is 0 Å². The van der Waals surface area contributed by atoms with Crippen molar-refractivity contribution in [3.63, 3.8) is 0 Å². The van der Waals surface area contributed by atoms with Gasteiger partial charge in [-0.3, -0.25) is 10.6 Å². The predicted octanol–water partition coefficient (Wildman–Crippen LogP) is 1.27. The van der Waals surface area contributed by atoms with E-state index in [1.165, 1.54) is 4.90 Å². The number of benzene rings is 1. The van der Waals surface area contributed by atoms with E-state index in [2.05, 4.69) is 0 Å². The van der Waals surface area contributed by atoms with Crippen LogP contribution in [-0.4, -0.2) is 49.9 Å². The maximum Gasteiger partial charge on any atom is 0.253 e. The van der Waals surface area contributed by atoms with Gasteiger partial charge in [-0.1, -0.05) is 0 Å². The first-order chi connectivity index (χ1) is 9.36. The van der Waals surface area contributed by atoms with Crippen molar-refractivity contribution >= 4 is 11.6 Å². The van der Waals surface area contributed by atoms with Crippen molar-refractivity contribution in [2.45, 2.75) is 6.42 Å². The minimum absolute atomic E-state index is 0.0358. The Labute approximate surface area is 117 Å². The molecular formula is C13H20F2N4O. The number of rotatable bonds is 6. The van der Waals surface area contributed by atoms with Gasteiger partial charge in [-0.2, -0.15) is 0 Å². The van der Waals surface area contributed by atoms with Crippen LogP contribution in [0.15, 0.2) is 12.1 Å². The molecule has 0 saturated heterocycles. The van der Waals surface area contributed by atoms with Crippen LogP contribution in [0.25, 0.3) is 0 Å². The van der Waals surface area contributed by atoms with Gasteiger partial charge < -0.3 is 15.2 Å². The Morgan fingerprint density at radius 2 is 1.75 bits per heavy atom. The lowest BCUT2D eigenvalue weighted by Gasteiger charge is -2.19. The molecule has 0 aliphatic heterocycles. The fourth-order valence-electron chi connectivity index (χ4n) is 1.78. The van der Waals surface area contributed by atoms with E-state index in [1.54, 1.807) is 7.05 Å². The van der Waals surface area contributed by atoms with Crippen molar-refractivity contribution in [3.05, 3.63) is 29.3 Å². The summed E-state index contributed by atoms with van der Waals surface area (Å²) in [4.78, 5) is 15.5. The Hall–Kier alpha value is -1.73. The molecule has 1 aromatic carbocycles. The van der Waals surface area contributed by atoms with E-state index in [0.29, 0.717) is 6.54 Å². The second-order valence-corrected chi connectivity index (χ2v) is 4.84. The Bertz CT molecular complexity index is 456. The zero-order chi connectivity index (χ0) is 15.3. The molecule has 0 spiro atoms. The molecule has 0 unspecified atom stereocenters. The number of amides is 1. The molecular weight excluding hydrogens is 266 g/mol. The Balaban J connectivity index is 2.77. The van der Waals surface area contributed by atoms with Crippen molar-refractivity contribution < 1.29 is 13.6 Å². The van der Waals surface area contributed by atoms with Gasteiger partial charge in [-0.15, -0.1) is 0 Å². The first kappa shape index (κ1) is 16.3. The van der Waals surface area contributed by atoms with Crippen LogP contribution in [0.5, 0.6) is 0 Å². The summed E-state index contributed by atoms with van der Waals surface area (Å²) < 4.78 is 27.1. The molecule has 0 aliphatic carbocycles. The number of nitrogens with one attached hydrogen (secondary N) is 1. The molecule has 0 bridgehead atoms. The number of hydrogen-bond donors (Lipinski definition) is 2. The molecule has 7 heteroatoms. The molecule has 0 radical (unpaired) electrons. The maximum atomic E-state index is 13.5. The van der Waals surface area contributed by atoms with Gasteiger partial charge in [0.2, 0.25) is 0 Å². The smallest absolute Gasteiger partial charge is 0.253 e. The number of carbonyl (C=O) groups excluding carboxylic acids is 1. The fourth-order valence-corrected chi connectivity index (χ4v) is 1.78. The molecule has 0 saturated carbocycles. The highest BCUT2D eigenvalue weighted by atomic mass is 19.1. The topological polar surface area (TPSA) is 61.6 Å². The lowest BCUT2D eigenvalue weighted by atomic mass is 10.1. The van der Waals surface area contributed by atoms with Crippen LogP contribution in [-0.2, 0) is 0 Å². The molecule has 0 aromatic heterocycles. The molecule has 0 heterocycles. The highest BCUT2D eigenvalue weighted by Crippen LogP contribution is 2.20. The number of halogens is 2. The van der Waals surface area contributed by atoms with Gasteiger partial charge in [-0.05, 0) is 39.2 Å². The van der Waals surface area contributed by atoms with E-state index in [-0.39, 0.29) is 5.56 Å². The van der Waals surface area contributed by atoms with E-state index in [4.69, 9.17) is 5.84 Å². The Kier molecular flexibility index (Phi) is 5.84. The van der Waals surface area contributed by atoms with Crippen molar-refractivity contribution in [2.24, 2.45) is 5.84 Å². The van der Waals surface area contributed by atoms with E-state index < -0.39 is 23.2 Å². The maximum absolute atomic E-state index is 13.5. The second kappa shape index (κ2) is 7.16. The number of hydrazine groups is 1. The average molecular weight is 286 g/mol. The molecule has 0 fully saturated rings. The normalized spacial score (nSPS) is 10.8. The van der Waals surface area contributed by atoms with Crippen LogP contribution in [0.4, 0.5) is 14.5 Å². The third kappa shape index (κ3) is 4.14. The molecule has 20 heavy (non-hydrogen) atoms. The van der Waals surface area contributed by atoms with Crippen LogP contribution in [0.1, 0.15) is 16.8 Å². The van der Waals surface area contributed by atoms with E-state index >= 15 is 0 Å². The highest BCUT2D eigenvalue weighted by Gasteiger charge is 2.17. The summed E-state index contributed by atoms with van der Waals surface area (Å²) in [5.74, 6) is 2.79. The summed E-state index contributed by atoms with van der Waals surface area (Å²) in [5.41, 5.74) is 1.44. The van der Waals surface area contributed by atoms with Crippen LogP contribution < -0.4 is 11.3 Å². The zero-order valence-corrected chi connectivity index (χ0v) is 11.9. The van der Waals surface area contributed by atoms with E-state index in [9.17, 15) is 13.6 Å². The van der Waals surface area contributed by atoms with Crippen LogP contribution in [0.2, 0.25) is 0 Å². The average Bonchev–Trinajstić information content (AvgIpc) is 2.36. The third-order valence-corrected chi connectivity index (χ3v) is 2.88. The SMILES string of the molecule is CN(C)CCCN(C)C(=O)c1cc(F)c(NN)c(F)c1. The lowest BCUT2D eigenvalue weighted by Crippen LogP contribution is -2.30.